The van der Waals surface area contributed by atoms with Gasteiger partial charge < -0.3 is 20.4 Å². The molecule has 0 aromatic heterocycles. The van der Waals surface area contributed by atoms with Crippen LogP contribution in [0.15, 0.2) is 42.5 Å². The summed E-state index contributed by atoms with van der Waals surface area (Å²) in [5.41, 5.74) is 1.82. The fourth-order valence-corrected chi connectivity index (χ4v) is 5.20. The number of likely N-dealkylation sites (N-methyl/N-ethyl adjacent to an activating group) is 1. The van der Waals surface area contributed by atoms with Gasteiger partial charge in [-0.05, 0) is 75.9 Å². The highest BCUT2D eigenvalue weighted by Crippen LogP contribution is 2.17. The lowest BCUT2D eigenvalue weighted by Crippen LogP contribution is -2.54. The summed E-state index contributed by atoms with van der Waals surface area (Å²) in [4.78, 5) is 31.3. The van der Waals surface area contributed by atoms with Crippen molar-refractivity contribution < 1.29 is 28.2 Å². The van der Waals surface area contributed by atoms with Gasteiger partial charge in [0.15, 0.2) is 0 Å². The zero-order valence-corrected chi connectivity index (χ0v) is 26.9. The van der Waals surface area contributed by atoms with Crippen LogP contribution in [0.2, 0.25) is 0 Å². The number of hydrazine groups is 1. The second kappa shape index (κ2) is 17.0. The summed E-state index contributed by atoms with van der Waals surface area (Å²) in [5.74, 6) is 5.14. The molecule has 43 heavy (non-hydrogen) atoms. The zero-order chi connectivity index (χ0) is 32.2. The van der Waals surface area contributed by atoms with E-state index in [2.05, 4.69) is 22.0 Å². The van der Waals surface area contributed by atoms with Gasteiger partial charge in [0, 0.05) is 42.9 Å². The number of aliphatic hydroxyl groups is 1. The van der Waals surface area contributed by atoms with E-state index in [0.29, 0.717) is 24.2 Å². The fraction of sp³-hybridized carbons (Fsp3) is 0.500. The van der Waals surface area contributed by atoms with Crippen molar-refractivity contribution in [3.63, 3.8) is 0 Å². The maximum Gasteiger partial charge on any atom is 0.253 e. The van der Waals surface area contributed by atoms with Gasteiger partial charge in [0.05, 0.1) is 17.4 Å². The molecule has 2 unspecified atom stereocenters. The van der Waals surface area contributed by atoms with E-state index < -0.39 is 33.3 Å². The first kappa shape index (κ1) is 35.8. The molecule has 2 rings (SSSR count). The molecule has 10 nitrogen and oxygen atoms in total. The monoisotopic (exact) mass is 614 g/mol. The molecule has 0 bridgehead atoms. The van der Waals surface area contributed by atoms with Gasteiger partial charge in [-0.15, -0.1) is 10.8 Å². The van der Waals surface area contributed by atoms with E-state index >= 15 is 0 Å². The zero-order valence-electron chi connectivity index (χ0n) is 26.1. The Morgan fingerprint density at radius 2 is 1.58 bits per heavy atom. The molecule has 0 heterocycles. The van der Waals surface area contributed by atoms with E-state index in [4.69, 9.17) is 0 Å². The first-order valence-electron chi connectivity index (χ1n) is 14.7. The Bertz CT molecular complexity index is 1380. The summed E-state index contributed by atoms with van der Waals surface area (Å²) in [6, 6.07) is 10.4. The van der Waals surface area contributed by atoms with Crippen molar-refractivity contribution in [1.29, 1.82) is 0 Å². The number of hydrogen-bond donors (Lipinski definition) is 4. The molecule has 0 fully saturated rings. The van der Waals surface area contributed by atoms with Crippen LogP contribution in [0.4, 0.5) is 0 Å². The molecule has 0 aliphatic heterocycles. The predicted molar refractivity (Wildman–Crippen MR) is 169 cm³/mol. The summed E-state index contributed by atoms with van der Waals surface area (Å²) in [5, 5.41) is 24.6. The van der Waals surface area contributed by atoms with Crippen LogP contribution in [0.1, 0.15) is 86.2 Å². The second-order valence-electron chi connectivity index (χ2n) is 10.7. The molecular weight excluding hydrogens is 568 g/mol. The van der Waals surface area contributed by atoms with Gasteiger partial charge in [-0.1, -0.05) is 38.8 Å². The van der Waals surface area contributed by atoms with E-state index in [-0.39, 0.29) is 36.7 Å². The van der Waals surface area contributed by atoms with E-state index in [1.807, 2.05) is 13.8 Å². The Morgan fingerprint density at radius 1 is 0.977 bits per heavy atom. The highest BCUT2D eigenvalue weighted by Gasteiger charge is 2.27. The van der Waals surface area contributed by atoms with Gasteiger partial charge in [-0.3, -0.25) is 9.59 Å². The largest absolute Gasteiger partial charge is 0.508 e. The van der Waals surface area contributed by atoms with Gasteiger partial charge in [0.25, 0.3) is 11.8 Å². The SMILES string of the molecule is CC#Cc1cc(C(=O)NC(Cc2ccc(O)cc2)C(O)CN(CC)NS(=O)(=O)C(C)C)cc(C(=O)N(CCC)CCC)c1. The third-order valence-electron chi connectivity index (χ3n) is 6.82. The first-order valence-corrected chi connectivity index (χ1v) is 16.3. The number of sulfonamides is 1. The van der Waals surface area contributed by atoms with Crippen LogP contribution in [-0.2, 0) is 16.4 Å². The van der Waals surface area contributed by atoms with Gasteiger partial charge in [-0.25, -0.2) is 13.4 Å². The molecule has 2 aromatic carbocycles. The lowest BCUT2D eigenvalue weighted by Gasteiger charge is -2.30. The number of hydrogen-bond acceptors (Lipinski definition) is 7. The maximum absolute atomic E-state index is 13.7. The average Bonchev–Trinajstić information content (AvgIpc) is 2.96. The first-order chi connectivity index (χ1) is 20.3. The Morgan fingerprint density at radius 3 is 2.12 bits per heavy atom. The summed E-state index contributed by atoms with van der Waals surface area (Å²) < 4.78 is 24.9. The van der Waals surface area contributed by atoms with Crippen LogP contribution >= 0.6 is 0 Å². The number of nitrogens with zero attached hydrogens (tertiary/aromatic N) is 2. The van der Waals surface area contributed by atoms with Crippen LogP contribution in [-0.4, -0.2) is 83.9 Å². The molecule has 0 aliphatic carbocycles. The molecule has 2 atom stereocenters. The highest BCUT2D eigenvalue weighted by atomic mass is 32.2. The minimum absolute atomic E-state index is 0.0800. The number of nitrogens with one attached hydrogen (secondary N) is 2. The number of aromatic hydroxyl groups is 1. The van der Waals surface area contributed by atoms with E-state index in [0.717, 1.165) is 18.4 Å². The number of rotatable bonds is 16. The lowest BCUT2D eigenvalue weighted by atomic mass is 9.99. The molecule has 236 valence electrons. The molecule has 2 amide bonds. The van der Waals surface area contributed by atoms with E-state index in [9.17, 15) is 28.2 Å². The molecule has 0 saturated carbocycles. The number of phenols is 1. The quantitative estimate of drug-likeness (QED) is 0.168. The Kier molecular flexibility index (Phi) is 14.1. The third kappa shape index (κ3) is 11.0. The summed E-state index contributed by atoms with van der Waals surface area (Å²) >= 11 is 0. The van der Waals surface area contributed by atoms with Crippen molar-refractivity contribution in [2.24, 2.45) is 0 Å². The minimum Gasteiger partial charge on any atom is -0.508 e. The molecule has 11 heteroatoms. The predicted octanol–water partition coefficient (Wildman–Crippen LogP) is 3.29. The van der Waals surface area contributed by atoms with Crippen molar-refractivity contribution >= 4 is 21.8 Å². The Balaban J connectivity index is 2.43. The van der Waals surface area contributed by atoms with E-state index in [1.54, 1.807) is 56.9 Å². The topological polar surface area (TPSA) is 139 Å². The number of aliphatic hydroxyl groups excluding tert-OH is 1. The third-order valence-corrected chi connectivity index (χ3v) is 8.58. The molecular formula is C32H46N4O6S. The van der Waals surface area contributed by atoms with Crippen LogP contribution in [0.5, 0.6) is 5.75 Å². The smallest absolute Gasteiger partial charge is 0.253 e. The van der Waals surface area contributed by atoms with Crippen LogP contribution in [0, 0.1) is 11.8 Å². The number of amides is 2. The van der Waals surface area contributed by atoms with Gasteiger partial charge in [0.2, 0.25) is 10.0 Å². The molecule has 0 spiro atoms. The standard InChI is InChI=1S/C32H46N4O6S/c1-7-11-25-18-26(21-27(19-25)32(40)35(16-8-2)17-9-3)31(39)33-29(20-24-12-14-28(37)15-13-24)30(38)22-36(10-4)34-43(41,42)23(5)6/h12-15,18-19,21,23,29-30,34,37-38H,8-10,16-17,20,22H2,1-6H3,(H,33,39). The normalized spacial score (nSPS) is 12.9. The second-order valence-corrected chi connectivity index (χ2v) is 12.9. The van der Waals surface area contributed by atoms with Crippen LogP contribution in [0.25, 0.3) is 0 Å². The number of carbonyl (C=O) groups is 2. The summed E-state index contributed by atoms with van der Waals surface area (Å²) in [7, 11) is -3.65. The minimum atomic E-state index is -3.65. The molecule has 0 saturated heterocycles. The highest BCUT2D eigenvalue weighted by molar-refractivity contribution is 7.90. The number of phenolic OH excluding ortho intramolecular Hbond substituents is 1. The Hall–Kier alpha value is -3.43. The van der Waals surface area contributed by atoms with Crippen LogP contribution in [0.3, 0.4) is 0 Å². The van der Waals surface area contributed by atoms with E-state index in [1.165, 1.54) is 23.2 Å². The lowest BCUT2D eigenvalue weighted by molar-refractivity contribution is 0.0634. The molecule has 4 N–H and O–H groups in total. The van der Waals surface area contributed by atoms with Crippen molar-refractivity contribution in [3.8, 4) is 17.6 Å². The summed E-state index contributed by atoms with van der Waals surface area (Å²) in [6.07, 6.45) is 0.610. The van der Waals surface area contributed by atoms with Crippen molar-refractivity contribution in [2.75, 3.05) is 26.2 Å². The van der Waals surface area contributed by atoms with Crippen molar-refractivity contribution in [1.82, 2.24) is 20.1 Å². The average molecular weight is 615 g/mol. The molecule has 0 radical (unpaired) electrons. The number of carbonyl (C=O) groups excluding carboxylic acids is 2. The molecule has 2 aromatic rings. The van der Waals surface area contributed by atoms with Crippen LogP contribution < -0.4 is 10.1 Å². The van der Waals surface area contributed by atoms with Gasteiger partial charge in [-0.2, -0.15) is 0 Å². The van der Waals surface area contributed by atoms with Crippen molar-refractivity contribution in [2.45, 2.75) is 78.2 Å². The maximum atomic E-state index is 13.7. The van der Waals surface area contributed by atoms with Crippen molar-refractivity contribution in [3.05, 3.63) is 64.7 Å². The fourth-order valence-electron chi connectivity index (χ4n) is 4.43. The van der Waals surface area contributed by atoms with Gasteiger partial charge >= 0.3 is 0 Å². The Labute approximate surface area is 256 Å². The molecule has 0 aliphatic rings. The van der Waals surface area contributed by atoms with Gasteiger partial charge in [0.1, 0.15) is 5.75 Å². The summed E-state index contributed by atoms with van der Waals surface area (Å²) in [6.45, 7) is 11.9. The number of benzene rings is 2.